The van der Waals surface area contributed by atoms with Crippen molar-refractivity contribution < 1.29 is 13.2 Å². The number of hydrogen-bond donors (Lipinski definition) is 3. The highest BCUT2D eigenvalue weighted by molar-refractivity contribution is 7.90. The number of nitrogens with one attached hydrogen (secondary N) is 2. The van der Waals surface area contributed by atoms with Crippen molar-refractivity contribution in [2.75, 3.05) is 44.0 Å². The summed E-state index contributed by atoms with van der Waals surface area (Å²) < 4.78 is 23.7. The van der Waals surface area contributed by atoms with Crippen LogP contribution in [0.2, 0.25) is 0 Å². The van der Waals surface area contributed by atoms with Crippen LogP contribution < -0.4 is 16.4 Å². The molecule has 0 aliphatic rings. The maximum atomic E-state index is 11.9. The molecular weight excluding hydrogens is 380 g/mol. The van der Waals surface area contributed by atoms with Crippen molar-refractivity contribution in [3.63, 3.8) is 0 Å². The van der Waals surface area contributed by atoms with Crippen LogP contribution in [0.25, 0.3) is 11.4 Å². The van der Waals surface area contributed by atoms with Gasteiger partial charge in [0.05, 0.1) is 11.4 Å². The van der Waals surface area contributed by atoms with Crippen molar-refractivity contribution in [2.24, 2.45) is 0 Å². The average molecular weight is 407 g/mol. The highest BCUT2D eigenvalue weighted by Crippen LogP contribution is 2.20. The zero-order valence-corrected chi connectivity index (χ0v) is 17.1. The Morgan fingerprint density at radius 2 is 1.86 bits per heavy atom. The van der Waals surface area contributed by atoms with Gasteiger partial charge in [0.1, 0.15) is 5.82 Å². The van der Waals surface area contributed by atoms with Gasteiger partial charge in [0.15, 0.2) is 15.7 Å². The number of aromatic nitrogens is 2. The molecule has 2 aromatic rings. The summed E-state index contributed by atoms with van der Waals surface area (Å²) in [5.41, 5.74) is 7.44. The molecule has 10 heteroatoms. The molecular formula is C18H26N6O3S. The summed E-state index contributed by atoms with van der Waals surface area (Å²) in [5, 5.41) is 5.50. The van der Waals surface area contributed by atoms with Crippen molar-refractivity contribution in [1.29, 1.82) is 0 Å². The highest BCUT2D eigenvalue weighted by Gasteiger charge is 2.13. The van der Waals surface area contributed by atoms with E-state index in [2.05, 4.69) is 20.6 Å². The second-order valence-electron chi connectivity index (χ2n) is 6.55. The summed E-state index contributed by atoms with van der Waals surface area (Å²) in [7, 11) is 0.636. The first kappa shape index (κ1) is 21.6. The Kier molecular flexibility index (Phi) is 7.30. The molecule has 0 bridgehead atoms. The molecule has 28 heavy (non-hydrogen) atoms. The molecule has 0 spiro atoms. The van der Waals surface area contributed by atoms with Crippen LogP contribution in [0.1, 0.15) is 12.6 Å². The minimum absolute atomic E-state index is 0.0310. The summed E-state index contributed by atoms with van der Waals surface area (Å²) >= 11 is 0. The van der Waals surface area contributed by atoms with Crippen LogP contribution >= 0.6 is 0 Å². The Hall–Kier alpha value is -2.72. The Bertz CT molecular complexity index is 913. The third-order valence-corrected chi connectivity index (χ3v) is 5.47. The quantitative estimate of drug-likeness (QED) is 0.603. The van der Waals surface area contributed by atoms with Gasteiger partial charge in [-0.2, -0.15) is 0 Å². The zero-order chi connectivity index (χ0) is 20.7. The summed E-state index contributed by atoms with van der Waals surface area (Å²) in [6.07, 6.45) is 0. The molecule has 1 heterocycles. The largest absolute Gasteiger partial charge is 0.384 e. The number of nitrogen functional groups attached to an aromatic ring is 1. The van der Waals surface area contributed by atoms with E-state index < -0.39 is 9.84 Å². The summed E-state index contributed by atoms with van der Waals surface area (Å²) in [6, 6.07) is 8.09. The lowest BCUT2D eigenvalue weighted by Crippen LogP contribution is -2.34. The molecule has 2 rings (SSSR count). The topological polar surface area (TPSA) is 130 Å². The smallest absolute Gasteiger partial charge is 0.319 e. The molecule has 0 radical (unpaired) electrons. The first-order valence-electron chi connectivity index (χ1n) is 8.82. The Balaban J connectivity index is 2.08. The number of sulfone groups is 1. The van der Waals surface area contributed by atoms with E-state index >= 15 is 0 Å². The summed E-state index contributed by atoms with van der Waals surface area (Å²) in [6.45, 7) is 2.87. The molecule has 2 amide bonds. The fourth-order valence-corrected chi connectivity index (χ4v) is 3.12. The second kappa shape index (κ2) is 9.47. The minimum Gasteiger partial charge on any atom is -0.384 e. The van der Waals surface area contributed by atoms with Gasteiger partial charge in [0.2, 0.25) is 0 Å². The summed E-state index contributed by atoms with van der Waals surface area (Å²) in [5.74, 6) is 0.385. The van der Waals surface area contributed by atoms with Gasteiger partial charge in [-0.3, -0.25) is 0 Å². The maximum absolute atomic E-state index is 11.9. The lowest BCUT2D eigenvalue weighted by Gasteiger charge is -2.11. The molecule has 9 nitrogen and oxygen atoms in total. The van der Waals surface area contributed by atoms with Gasteiger partial charge in [-0.15, -0.1) is 0 Å². The first-order valence-corrected chi connectivity index (χ1v) is 10.6. The lowest BCUT2D eigenvalue weighted by atomic mass is 10.2. The molecule has 0 saturated heterocycles. The molecule has 0 atom stereocenters. The molecule has 0 saturated carbocycles. The number of urea groups is 1. The van der Waals surface area contributed by atoms with E-state index in [-0.39, 0.29) is 23.4 Å². The van der Waals surface area contributed by atoms with E-state index in [4.69, 9.17) is 5.73 Å². The third-order valence-electron chi connectivity index (χ3n) is 3.85. The van der Waals surface area contributed by atoms with Gasteiger partial charge >= 0.3 is 6.03 Å². The van der Waals surface area contributed by atoms with Gasteiger partial charge < -0.3 is 21.3 Å². The van der Waals surface area contributed by atoms with E-state index in [9.17, 15) is 13.2 Å². The Morgan fingerprint density at radius 3 is 2.46 bits per heavy atom. The Labute approximate surface area is 165 Å². The predicted octanol–water partition coefficient (Wildman–Crippen LogP) is 1.34. The number of benzene rings is 1. The van der Waals surface area contributed by atoms with Crippen molar-refractivity contribution in [2.45, 2.75) is 12.7 Å². The number of rotatable bonds is 8. The Morgan fingerprint density at radius 1 is 1.18 bits per heavy atom. The number of hydrogen-bond acceptors (Lipinski definition) is 7. The molecule has 4 N–H and O–H groups in total. The number of nitrogens with zero attached hydrogens (tertiary/aromatic N) is 3. The highest BCUT2D eigenvalue weighted by atomic mass is 32.2. The van der Waals surface area contributed by atoms with Crippen LogP contribution in [-0.2, 0) is 15.6 Å². The van der Waals surface area contributed by atoms with Gasteiger partial charge in [-0.1, -0.05) is 6.92 Å². The SMILES string of the molecule is CCS(=O)(=O)Cc1cc(N)nc(-c2ccc(NC(=O)NCCN(C)C)cc2)n1. The van der Waals surface area contributed by atoms with Gasteiger partial charge in [0.25, 0.3) is 0 Å². The zero-order valence-electron chi connectivity index (χ0n) is 16.3. The van der Waals surface area contributed by atoms with E-state index in [0.29, 0.717) is 29.3 Å². The monoisotopic (exact) mass is 406 g/mol. The van der Waals surface area contributed by atoms with Gasteiger partial charge in [0, 0.05) is 36.2 Å². The first-order chi connectivity index (χ1) is 13.2. The van der Waals surface area contributed by atoms with Gasteiger partial charge in [-0.05, 0) is 38.4 Å². The van der Waals surface area contributed by atoms with Crippen molar-refractivity contribution in [3.8, 4) is 11.4 Å². The normalized spacial score (nSPS) is 11.4. The van der Waals surface area contributed by atoms with E-state index in [1.165, 1.54) is 6.07 Å². The van der Waals surface area contributed by atoms with E-state index in [1.807, 2.05) is 19.0 Å². The molecule has 0 unspecified atom stereocenters. The van der Waals surface area contributed by atoms with Crippen LogP contribution in [0.4, 0.5) is 16.3 Å². The molecule has 152 valence electrons. The van der Waals surface area contributed by atoms with Crippen LogP contribution in [0, 0.1) is 0 Å². The maximum Gasteiger partial charge on any atom is 0.319 e. The second-order valence-corrected chi connectivity index (χ2v) is 8.90. The van der Waals surface area contributed by atoms with E-state index in [0.717, 1.165) is 6.54 Å². The minimum atomic E-state index is -3.22. The van der Waals surface area contributed by atoms with Crippen molar-refractivity contribution in [3.05, 3.63) is 36.0 Å². The van der Waals surface area contributed by atoms with Crippen LogP contribution in [-0.4, -0.2) is 62.3 Å². The van der Waals surface area contributed by atoms with Crippen molar-refractivity contribution >= 4 is 27.4 Å². The number of amides is 2. The fraction of sp³-hybridized carbons (Fsp3) is 0.389. The van der Waals surface area contributed by atoms with E-state index in [1.54, 1.807) is 31.2 Å². The lowest BCUT2D eigenvalue weighted by molar-refractivity contribution is 0.250. The molecule has 0 fully saturated rings. The molecule has 0 aliphatic carbocycles. The fourth-order valence-electron chi connectivity index (χ4n) is 2.32. The standard InChI is InChI=1S/C18H26N6O3S/c1-4-28(26,27)12-15-11-16(19)23-17(21-15)13-5-7-14(8-6-13)22-18(25)20-9-10-24(2)3/h5-8,11H,4,9-10,12H2,1-3H3,(H2,19,21,23)(H2,20,22,25). The molecule has 0 aliphatic heterocycles. The van der Waals surface area contributed by atoms with Crippen LogP contribution in [0.15, 0.2) is 30.3 Å². The average Bonchev–Trinajstić information content (AvgIpc) is 2.61. The predicted molar refractivity (Wildman–Crippen MR) is 111 cm³/mol. The molecule has 1 aromatic carbocycles. The number of nitrogens with two attached hydrogens (primary N) is 1. The number of carbonyl (C=O) groups excluding carboxylic acids is 1. The molecule has 1 aromatic heterocycles. The summed E-state index contributed by atoms with van der Waals surface area (Å²) in [4.78, 5) is 22.3. The number of carbonyl (C=O) groups is 1. The number of likely N-dealkylation sites (N-methyl/N-ethyl adjacent to an activating group) is 1. The van der Waals surface area contributed by atoms with Crippen molar-refractivity contribution in [1.82, 2.24) is 20.2 Å². The van der Waals surface area contributed by atoms with Gasteiger partial charge in [-0.25, -0.2) is 23.2 Å². The van der Waals surface area contributed by atoms with Crippen LogP contribution in [0.3, 0.4) is 0 Å². The van der Waals surface area contributed by atoms with Crippen LogP contribution in [0.5, 0.6) is 0 Å². The number of anilines is 2. The third kappa shape index (κ3) is 6.78.